The minimum Gasteiger partial charge on any atom is -0.320 e. The van der Waals surface area contributed by atoms with Crippen molar-refractivity contribution in [1.29, 1.82) is 0 Å². The molecule has 1 aromatic carbocycles. The number of para-hydroxylation sites is 1. The van der Waals surface area contributed by atoms with Gasteiger partial charge in [-0.25, -0.2) is 8.78 Å². The van der Waals surface area contributed by atoms with E-state index >= 15 is 0 Å². The highest BCUT2D eigenvalue weighted by atomic mass is 32.2. The lowest BCUT2D eigenvalue weighted by Gasteiger charge is -2.12. The zero-order valence-corrected chi connectivity index (χ0v) is 10.2. The van der Waals surface area contributed by atoms with Crippen LogP contribution in [0.3, 0.4) is 0 Å². The van der Waals surface area contributed by atoms with Crippen molar-refractivity contribution in [3.63, 3.8) is 0 Å². The Hall–Kier alpha value is -1.14. The molecule has 0 bridgehead atoms. The molecule has 0 aliphatic rings. The van der Waals surface area contributed by atoms with Gasteiger partial charge in [0.05, 0.1) is 6.04 Å². The monoisotopic (exact) mass is 260 g/mol. The third-order valence-corrected chi connectivity index (χ3v) is 2.82. The van der Waals surface area contributed by atoms with Crippen LogP contribution in [0.1, 0.15) is 6.42 Å². The predicted octanol–water partition coefficient (Wildman–Crippen LogP) is 1.98. The van der Waals surface area contributed by atoms with Gasteiger partial charge in [0.15, 0.2) is 0 Å². The van der Waals surface area contributed by atoms with Gasteiger partial charge in [-0.3, -0.25) is 4.79 Å². The second-order valence-electron chi connectivity index (χ2n) is 3.47. The van der Waals surface area contributed by atoms with Crippen LogP contribution in [-0.2, 0) is 4.79 Å². The molecule has 94 valence electrons. The number of benzene rings is 1. The fourth-order valence-electron chi connectivity index (χ4n) is 1.21. The minimum absolute atomic E-state index is 0.447. The summed E-state index contributed by atoms with van der Waals surface area (Å²) in [5.74, 6) is -1.48. The van der Waals surface area contributed by atoms with Crippen molar-refractivity contribution in [2.24, 2.45) is 5.73 Å². The molecule has 1 aromatic rings. The third-order valence-electron chi connectivity index (χ3n) is 2.18. The van der Waals surface area contributed by atoms with E-state index in [2.05, 4.69) is 5.32 Å². The van der Waals surface area contributed by atoms with Gasteiger partial charge in [0.2, 0.25) is 5.91 Å². The lowest BCUT2D eigenvalue weighted by atomic mass is 10.2. The molecule has 1 atom stereocenters. The first kappa shape index (κ1) is 13.9. The van der Waals surface area contributed by atoms with Gasteiger partial charge in [0.1, 0.15) is 17.3 Å². The average molecular weight is 260 g/mol. The Kier molecular flexibility index (Phi) is 5.37. The molecule has 0 fully saturated rings. The predicted molar refractivity (Wildman–Crippen MR) is 66.0 cm³/mol. The number of amides is 1. The van der Waals surface area contributed by atoms with Crippen LogP contribution >= 0.6 is 11.8 Å². The number of hydrogen-bond acceptors (Lipinski definition) is 3. The van der Waals surface area contributed by atoms with Gasteiger partial charge in [-0.1, -0.05) is 6.07 Å². The summed E-state index contributed by atoms with van der Waals surface area (Å²) in [5.41, 5.74) is 5.13. The van der Waals surface area contributed by atoms with Crippen molar-refractivity contribution < 1.29 is 13.6 Å². The molecule has 6 heteroatoms. The van der Waals surface area contributed by atoms with Gasteiger partial charge < -0.3 is 11.1 Å². The lowest BCUT2D eigenvalue weighted by Crippen LogP contribution is -2.36. The van der Waals surface area contributed by atoms with E-state index in [1.54, 1.807) is 11.8 Å². The highest BCUT2D eigenvalue weighted by Crippen LogP contribution is 2.18. The molecule has 0 saturated carbocycles. The Balaban J connectivity index is 2.68. The summed E-state index contributed by atoms with van der Waals surface area (Å²) >= 11 is 1.55. The molecule has 3 nitrogen and oxygen atoms in total. The molecule has 0 radical (unpaired) electrons. The number of hydrogen-bond donors (Lipinski definition) is 2. The fourth-order valence-corrected chi connectivity index (χ4v) is 1.70. The summed E-state index contributed by atoms with van der Waals surface area (Å²) in [6, 6.07) is 2.62. The zero-order valence-electron chi connectivity index (χ0n) is 9.37. The van der Waals surface area contributed by atoms with Crippen molar-refractivity contribution in [3.8, 4) is 0 Å². The molecule has 0 aliphatic carbocycles. The van der Waals surface area contributed by atoms with Crippen molar-refractivity contribution in [2.75, 3.05) is 17.3 Å². The Morgan fingerprint density at radius 1 is 1.47 bits per heavy atom. The maximum Gasteiger partial charge on any atom is 0.241 e. The molecule has 0 heterocycles. The van der Waals surface area contributed by atoms with Crippen LogP contribution in [-0.4, -0.2) is 24.0 Å². The first-order valence-electron chi connectivity index (χ1n) is 5.05. The molecule has 1 amide bonds. The highest BCUT2D eigenvalue weighted by Gasteiger charge is 2.17. The normalized spacial score (nSPS) is 12.2. The molecule has 0 spiro atoms. The summed E-state index contributed by atoms with van der Waals surface area (Å²) in [6.07, 6.45) is 2.35. The summed E-state index contributed by atoms with van der Waals surface area (Å²) in [5, 5.41) is 2.16. The molecular formula is C11H14F2N2OS. The molecule has 0 aromatic heterocycles. The number of rotatable bonds is 5. The van der Waals surface area contributed by atoms with E-state index in [9.17, 15) is 13.6 Å². The maximum atomic E-state index is 13.2. The average Bonchev–Trinajstić information content (AvgIpc) is 2.30. The second kappa shape index (κ2) is 6.56. The summed E-state index contributed by atoms with van der Waals surface area (Å²) in [7, 11) is 0. The Morgan fingerprint density at radius 2 is 2.06 bits per heavy atom. The van der Waals surface area contributed by atoms with Crippen LogP contribution in [0.2, 0.25) is 0 Å². The van der Waals surface area contributed by atoms with Crippen LogP contribution in [0.15, 0.2) is 18.2 Å². The van der Waals surface area contributed by atoms with Gasteiger partial charge in [-0.15, -0.1) is 0 Å². The van der Waals surface area contributed by atoms with Gasteiger partial charge in [-0.05, 0) is 30.6 Å². The van der Waals surface area contributed by atoms with Gasteiger partial charge in [0, 0.05) is 0 Å². The van der Waals surface area contributed by atoms with Crippen molar-refractivity contribution >= 4 is 23.4 Å². The quantitative estimate of drug-likeness (QED) is 0.851. The number of nitrogens with one attached hydrogen (secondary N) is 1. The SMILES string of the molecule is CSCC[C@H](N)C(=O)Nc1c(F)cccc1F. The van der Waals surface area contributed by atoms with Crippen LogP contribution in [0.4, 0.5) is 14.5 Å². The number of carbonyl (C=O) groups excluding carboxylic acids is 1. The molecule has 3 N–H and O–H groups in total. The van der Waals surface area contributed by atoms with Crippen molar-refractivity contribution in [1.82, 2.24) is 0 Å². The second-order valence-corrected chi connectivity index (χ2v) is 4.46. The summed E-state index contributed by atoms with van der Waals surface area (Å²) < 4.78 is 26.5. The van der Waals surface area contributed by atoms with E-state index in [0.717, 1.165) is 12.1 Å². The summed E-state index contributed by atoms with van der Waals surface area (Å²) in [4.78, 5) is 11.5. The molecule has 0 saturated heterocycles. The van der Waals surface area contributed by atoms with Crippen molar-refractivity contribution in [2.45, 2.75) is 12.5 Å². The van der Waals surface area contributed by atoms with E-state index in [1.165, 1.54) is 6.07 Å². The van der Waals surface area contributed by atoms with Crippen molar-refractivity contribution in [3.05, 3.63) is 29.8 Å². The van der Waals surface area contributed by atoms with E-state index in [4.69, 9.17) is 5.73 Å². The van der Waals surface area contributed by atoms with Crippen LogP contribution in [0.5, 0.6) is 0 Å². The third kappa shape index (κ3) is 3.98. The lowest BCUT2D eigenvalue weighted by molar-refractivity contribution is -0.117. The number of halogens is 2. The largest absolute Gasteiger partial charge is 0.320 e. The first-order chi connectivity index (χ1) is 8.06. The number of carbonyl (C=O) groups is 1. The van der Waals surface area contributed by atoms with Gasteiger partial charge >= 0.3 is 0 Å². The Bertz CT molecular complexity index is 381. The van der Waals surface area contributed by atoms with E-state index in [1.807, 2.05) is 6.26 Å². The Morgan fingerprint density at radius 3 is 2.59 bits per heavy atom. The van der Waals surface area contributed by atoms with Crippen LogP contribution in [0, 0.1) is 11.6 Å². The van der Waals surface area contributed by atoms with E-state index < -0.39 is 29.3 Å². The Labute approximate surface area is 103 Å². The van der Waals surface area contributed by atoms with Crippen LogP contribution in [0.25, 0.3) is 0 Å². The topological polar surface area (TPSA) is 55.1 Å². The zero-order chi connectivity index (χ0) is 12.8. The first-order valence-corrected chi connectivity index (χ1v) is 6.45. The summed E-state index contributed by atoms with van der Waals surface area (Å²) in [6.45, 7) is 0. The molecular weight excluding hydrogens is 246 g/mol. The highest BCUT2D eigenvalue weighted by molar-refractivity contribution is 7.98. The number of nitrogens with two attached hydrogens (primary N) is 1. The van der Waals surface area contributed by atoms with Crippen LogP contribution < -0.4 is 11.1 Å². The number of thioether (sulfide) groups is 1. The number of anilines is 1. The van der Waals surface area contributed by atoms with Gasteiger partial charge in [0.25, 0.3) is 0 Å². The molecule has 1 rings (SSSR count). The van der Waals surface area contributed by atoms with E-state index in [-0.39, 0.29) is 0 Å². The standard InChI is InChI=1S/C11H14F2N2OS/c1-17-6-5-9(14)11(16)15-10-7(12)3-2-4-8(10)13/h2-4,9H,5-6,14H2,1H3,(H,15,16)/t9-/m0/s1. The minimum atomic E-state index is -0.810. The smallest absolute Gasteiger partial charge is 0.241 e. The molecule has 17 heavy (non-hydrogen) atoms. The molecule has 0 aliphatic heterocycles. The van der Waals surface area contributed by atoms with Gasteiger partial charge in [-0.2, -0.15) is 11.8 Å². The molecule has 0 unspecified atom stereocenters. The fraction of sp³-hybridized carbons (Fsp3) is 0.364. The van der Waals surface area contributed by atoms with E-state index in [0.29, 0.717) is 12.2 Å². The maximum absolute atomic E-state index is 13.2.